The van der Waals surface area contributed by atoms with Crippen LogP contribution in [0.2, 0.25) is 0 Å². The largest absolute Gasteiger partial charge is 0.463 e. The minimum atomic E-state index is -6.58. The number of carbonyl (C=O) groups excluding carboxylic acids is 6. The number of carbonyl (C=O) groups is 6. The van der Waals surface area contributed by atoms with E-state index in [-0.39, 0.29) is 18.8 Å². The van der Waals surface area contributed by atoms with Crippen LogP contribution in [0.15, 0.2) is 0 Å². The maximum Gasteiger partial charge on any atom is 0.434 e. The van der Waals surface area contributed by atoms with Crippen molar-refractivity contribution in [3.8, 4) is 0 Å². The topological polar surface area (TPSA) is 226 Å². The summed E-state index contributed by atoms with van der Waals surface area (Å²) in [4.78, 5) is 70.2. The van der Waals surface area contributed by atoms with Crippen molar-refractivity contribution in [3.63, 3.8) is 0 Å². The lowest BCUT2D eigenvalue weighted by atomic mass is 9.65. The van der Waals surface area contributed by atoms with Crippen LogP contribution in [-0.2, 0) is 71.4 Å². The number of halogens is 18. The second kappa shape index (κ2) is 27.1. The molecule has 2 N–H and O–H groups in total. The van der Waals surface area contributed by atoms with Gasteiger partial charge in [0, 0.05) is 18.3 Å². The fourth-order valence-corrected chi connectivity index (χ4v) is 8.25. The van der Waals surface area contributed by atoms with E-state index in [0.717, 1.165) is 0 Å². The van der Waals surface area contributed by atoms with Crippen LogP contribution >= 0.6 is 0 Å². The Kier molecular flexibility index (Phi) is 24.4. The highest BCUT2D eigenvalue weighted by Gasteiger charge is 2.79. The zero-order valence-corrected chi connectivity index (χ0v) is 49.5. The van der Waals surface area contributed by atoms with E-state index in [4.69, 9.17) is 37.9 Å². The van der Waals surface area contributed by atoms with Gasteiger partial charge in [0.05, 0.1) is 28.3 Å². The Hall–Kier alpha value is -4.64. The molecule has 0 aromatic carbocycles. The first-order valence-corrected chi connectivity index (χ1v) is 26.8. The molecule has 0 radical (unpaired) electrons. The van der Waals surface area contributed by atoms with Gasteiger partial charge in [0.15, 0.2) is 24.3 Å². The Labute approximate surface area is 487 Å². The van der Waals surface area contributed by atoms with Crippen molar-refractivity contribution in [2.45, 2.75) is 251 Å². The van der Waals surface area contributed by atoms with E-state index in [1.54, 1.807) is 41.5 Å². The van der Waals surface area contributed by atoms with Crippen LogP contribution in [0.3, 0.4) is 0 Å². The van der Waals surface area contributed by atoms with Gasteiger partial charge in [0.1, 0.15) is 12.2 Å². The number of cyclic esters (lactones) is 1. The smallest absolute Gasteiger partial charge is 0.434 e. The summed E-state index contributed by atoms with van der Waals surface area (Å²) in [6.45, 7) is 22.5. The third-order valence-electron chi connectivity index (χ3n) is 15.6. The van der Waals surface area contributed by atoms with Crippen LogP contribution in [0.5, 0.6) is 0 Å². The van der Waals surface area contributed by atoms with Crippen LogP contribution in [0.4, 0.5) is 79.0 Å². The lowest BCUT2D eigenvalue weighted by Crippen LogP contribution is -2.67. The van der Waals surface area contributed by atoms with Gasteiger partial charge in [-0.2, -0.15) is 79.0 Å². The van der Waals surface area contributed by atoms with Gasteiger partial charge < -0.3 is 52.8 Å². The van der Waals surface area contributed by atoms with E-state index >= 15 is 0 Å². The second-order valence-corrected chi connectivity index (χ2v) is 24.1. The highest BCUT2D eigenvalue weighted by Crippen LogP contribution is 2.58. The Morgan fingerprint density at radius 1 is 0.517 bits per heavy atom. The first-order chi connectivity index (χ1) is 38.7. The van der Waals surface area contributed by atoms with Crippen molar-refractivity contribution in [1.29, 1.82) is 0 Å². The summed E-state index contributed by atoms with van der Waals surface area (Å²) in [7, 11) is 0. The summed E-state index contributed by atoms with van der Waals surface area (Å²) >= 11 is 0. The normalized spacial score (nSPS) is 25.7. The number of fused-ring (bicyclic) bond motifs is 3. The summed E-state index contributed by atoms with van der Waals surface area (Å²) in [6, 6.07) is 0. The highest BCUT2D eigenvalue weighted by molar-refractivity contribution is 5.84. The van der Waals surface area contributed by atoms with Gasteiger partial charge in [0.25, 0.3) is 17.3 Å². The minimum absolute atomic E-state index is 0.0184. The van der Waals surface area contributed by atoms with E-state index in [0.29, 0.717) is 25.9 Å². The molecule has 17 nitrogen and oxygen atoms in total. The molecule has 5 fully saturated rings. The van der Waals surface area contributed by atoms with Crippen molar-refractivity contribution >= 4 is 35.8 Å². The molecule has 87 heavy (non-hydrogen) atoms. The summed E-state index contributed by atoms with van der Waals surface area (Å²) in [5.74, 6) is -12.2. The van der Waals surface area contributed by atoms with Gasteiger partial charge in [-0.3, -0.25) is 19.2 Å². The molecule has 35 heteroatoms. The van der Waals surface area contributed by atoms with Crippen LogP contribution < -0.4 is 0 Å². The number of esters is 6. The first kappa shape index (κ1) is 78.5. The standard InChI is InChI=1S/C18H22F12O4.C15H22O7.C10H16O4.C9H12F6O2/c1-4-12(2,3)11(31)34-10-6-8(13(32,15(19,20)21)16(22,23)24)5-9(7-10)14(33,17(25,26)27)18(28,29)30;1-6-14(2,3)13(17)20-9-7-8(18-11(9)16)10-12(19-7)22-15(4,5)21-10;1-4-10(2,3)9(12)14-7-5-6-13-8(7)11;1-4-7(2,3)6(16)17-5(8(10,11)12)9(13,14)15/h8-10,32-33H,4-7H2,1-3H3;7-10,12H,6H2,1-5H3;7H,4-6H2,1-3H3;5H,4H2,1-3H3. The molecule has 508 valence electrons. The van der Waals surface area contributed by atoms with Crippen LogP contribution in [0.25, 0.3) is 0 Å². The van der Waals surface area contributed by atoms with Gasteiger partial charge in [-0.25, -0.2) is 9.59 Å². The Bertz CT molecular complexity index is 2300. The maximum atomic E-state index is 13.3. The zero-order valence-electron chi connectivity index (χ0n) is 49.5. The molecule has 4 saturated heterocycles. The fraction of sp³-hybridized carbons (Fsp3) is 0.885. The van der Waals surface area contributed by atoms with E-state index in [2.05, 4.69) is 4.74 Å². The zero-order chi connectivity index (χ0) is 68.5. The Balaban J connectivity index is 0.000000420. The average Bonchev–Trinajstić information content (AvgIpc) is 1.42. The molecular weight excluding hydrogens is 1240 g/mol. The third-order valence-corrected chi connectivity index (χ3v) is 15.6. The molecule has 4 heterocycles. The molecule has 0 amide bonds. The summed E-state index contributed by atoms with van der Waals surface area (Å²) in [5.41, 5.74) is -15.5. The summed E-state index contributed by atoms with van der Waals surface area (Å²) in [5, 5.41) is 19.2. The molecule has 0 aromatic heterocycles. The number of ether oxygens (including phenoxy) is 9. The summed E-state index contributed by atoms with van der Waals surface area (Å²) in [6.07, 6.45) is -51.7. The van der Waals surface area contributed by atoms with Gasteiger partial charge in [-0.1, -0.05) is 27.7 Å². The molecule has 5 rings (SSSR count). The minimum Gasteiger partial charge on any atom is -0.463 e. The molecule has 1 saturated carbocycles. The van der Waals surface area contributed by atoms with Gasteiger partial charge in [0.2, 0.25) is 12.2 Å². The molecule has 8 unspecified atom stereocenters. The third kappa shape index (κ3) is 18.3. The van der Waals surface area contributed by atoms with Crippen molar-refractivity contribution in [2.24, 2.45) is 33.5 Å². The van der Waals surface area contributed by atoms with Crippen LogP contribution in [0, 0.1) is 33.5 Å². The first-order valence-electron chi connectivity index (χ1n) is 26.8. The maximum absolute atomic E-state index is 13.3. The average molecular weight is 1310 g/mol. The molecule has 8 atom stereocenters. The number of hydrogen-bond donors (Lipinski definition) is 2. The van der Waals surface area contributed by atoms with Crippen molar-refractivity contribution in [2.75, 3.05) is 6.61 Å². The van der Waals surface area contributed by atoms with E-state index in [1.165, 1.54) is 41.5 Å². The number of alkyl halides is 18. The van der Waals surface area contributed by atoms with Crippen LogP contribution in [0.1, 0.15) is 148 Å². The Morgan fingerprint density at radius 3 is 1.23 bits per heavy atom. The molecule has 4 aliphatic heterocycles. The fourth-order valence-electron chi connectivity index (χ4n) is 8.25. The van der Waals surface area contributed by atoms with E-state index in [9.17, 15) is 118 Å². The van der Waals surface area contributed by atoms with E-state index < -0.39 is 186 Å². The van der Waals surface area contributed by atoms with Crippen LogP contribution in [-0.4, -0.2) is 156 Å². The molecule has 0 aromatic rings. The summed E-state index contributed by atoms with van der Waals surface area (Å²) < 4.78 is 278. The molecule has 5 aliphatic rings. The van der Waals surface area contributed by atoms with Gasteiger partial charge >= 0.3 is 72.9 Å². The lowest BCUT2D eigenvalue weighted by Gasteiger charge is -2.48. The lowest BCUT2D eigenvalue weighted by molar-refractivity contribution is -0.405. The highest BCUT2D eigenvalue weighted by atomic mass is 19.4. The molecule has 0 bridgehead atoms. The van der Waals surface area contributed by atoms with Crippen molar-refractivity contribution < 1.29 is 161 Å². The Morgan fingerprint density at radius 2 is 0.885 bits per heavy atom. The quantitative estimate of drug-likeness (QED) is 0.0936. The predicted molar refractivity (Wildman–Crippen MR) is 257 cm³/mol. The van der Waals surface area contributed by atoms with Gasteiger partial charge in [-0.15, -0.1) is 0 Å². The number of hydrogen-bond acceptors (Lipinski definition) is 17. The molecular formula is C52H72F18O17. The second-order valence-electron chi connectivity index (χ2n) is 24.1. The SMILES string of the molecule is CCC(C)(C)C(=O)OC(C(F)(F)F)C(F)(F)F.CCC(C)(C)C(=O)OC1C(=O)OC2C3OC(C)(C)OC3OC12.CCC(C)(C)C(=O)OC1CC(C(O)(C(F)(F)F)C(F)(F)F)CC(C(O)(C(F)(F)F)C(F)(F)F)C1.CCC(C)(C)C(=O)OC1CCOC1=O. The molecule has 1 aliphatic carbocycles. The van der Waals surface area contributed by atoms with Gasteiger partial charge in [-0.05, 0) is 114 Å². The van der Waals surface area contributed by atoms with Crippen molar-refractivity contribution in [3.05, 3.63) is 0 Å². The number of aliphatic hydroxyl groups is 2. The monoisotopic (exact) mass is 1310 g/mol. The predicted octanol–water partition coefficient (Wildman–Crippen LogP) is 11.3. The van der Waals surface area contributed by atoms with E-state index in [1.807, 2.05) is 13.8 Å². The number of rotatable bonds is 14. The van der Waals surface area contributed by atoms with Crippen molar-refractivity contribution in [1.82, 2.24) is 0 Å². The molecule has 0 spiro atoms.